The highest BCUT2D eigenvalue weighted by Crippen LogP contribution is 2.29. The minimum absolute atomic E-state index is 0.123. The van der Waals surface area contributed by atoms with Crippen LogP contribution < -0.4 is 10.6 Å². The van der Waals surface area contributed by atoms with Crippen molar-refractivity contribution < 1.29 is 9.53 Å². The molecular weight excluding hydrogens is 382 g/mol. The van der Waals surface area contributed by atoms with Gasteiger partial charge in [-0.05, 0) is 52.5 Å². The van der Waals surface area contributed by atoms with E-state index in [4.69, 9.17) is 10.00 Å². The van der Waals surface area contributed by atoms with Crippen LogP contribution in [0.2, 0.25) is 0 Å². The van der Waals surface area contributed by atoms with E-state index in [1.54, 1.807) is 12.1 Å². The fraction of sp³-hybridized carbons (Fsp3) is 0.263. The normalized spacial score (nSPS) is 18.6. The fourth-order valence-electron chi connectivity index (χ4n) is 2.71. The lowest BCUT2D eigenvalue weighted by molar-refractivity contribution is 0.129. The van der Waals surface area contributed by atoms with Gasteiger partial charge in [0.25, 0.3) is 0 Å². The van der Waals surface area contributed by atoms with Crippen LogP contribution in [0.5, 0.6) is 0 Å². The third-order valence-electron chi connectivity index (χ3n) is 4.13. The average molecular weight is 400 g/mol. The maximum absolute atomic E-state index is 11.8. The zero-order chi connectivity index (χ0) is 17.6. The van der Waals surface area contributed by atoms with Crippen molar-refractivity contribution in [2.45, 2.75) is 31.5 Å². The van der Waals surface area contributed by atoms with Gasteiger partial charge in [0, 0.05) is 22.2 Å². The van der Waals surface area contributed by atoms with Gasteiger partial charge in [0.05, 0.1) is 11.6 Å². The maximum Gasteiger partial charge on any atom is 0.407 e. The van der Waals surface area contributed by atoms with Gasteiger partial charge in [0.1, 0.15) is 6.61 Å². The first-order chi connectivity index (χ1) is 12.1. The number of nitrogens with one attached hydrogen (secondary N) is 2. The van der Waals surface area contributed by atoms with E-state index < -0.39 is 0 Å². The largest absolute Gasteiger partial charge is 0.445 e. The van der Waals surface area contributed by atoms with Crippen LogP contribution in [-0.2, 0) is 11.3 Å². The molecule has 1 fully saturated rings. The molecule has 25 heavy (non-hydrogen) atoms. The Hall–Kier alpha value is -2.52. The van der Waals surface area contributed by atoms with Crippen molar-refractivity contribution >= 4 is 27.7 Å². The van der Waals surface area contributed by atoms with Gasteiger partial charge in [-0.3, -0.25) is 0 Å². The van der Waals surface area contributed by atoms with Crippen molar-refractivity contribution in [3.05, 3.63) is 64.1 Å². The van der Waals surface area contributed by atoms with Crippen molar-refractivity contribution in [1.82, 2.24) is 5.32 Å². The van der Waals surface area contributed by atoms with Crippen LogP contribution in [0.3, 0.4) is 0 Å². The second kappa shape index (κ2) is 8.04. The number of hydrogen-bond acceptors (Lipinski definition) is 4. The number of anilines is 1. The first-order valence-electron chi connectivity index (χ1n) is 8.07. The number of nitriles is 1. The zero-order valence-electron chi connectivity index (χ0n) is 13.5. The number of rotatable bonds is 5. The lowest BCUT2D eigenvalue weighted by Gasteiger charge is -2.36. The molecule has 0 aliphatic heterocycles. The fourth-order valence-corrected chi connectivity index (χ4v) is 3.20. The van der Waals surface area contributed by atoms with Crippen molar-refractivity contribution in [3.63, 3.8) is 0 Å². The highest BCUT2D eigenvalue weighted by molar-refractivity contribution is 9.10. The molecule has 0 radical (unpaired) electrons. The summed E-state index contributed by atoms with van der Waals surface area (Å²) < 4.78 is 6.09. The summed E-state index contributed by atoms with van der Waals surface area (Å²) in [5.41, 5.74) is 2.54. The van der Waals surface area contributed by atoms with E-state index in [9.17, 15) is 4.79 Å². The second-order valence-corrected chi connectivity index (χ2v) is 6.88. The Morgan fingerprint density at radius 1 is 1.20 bits per heavy atom. The SMILES string of the molecule is N#Cc1ccc(NC2CC(NC(=O)OCc3ccccc3)C2)c(Br)c1. The Labute approximate surface area is 155 Å². The maximum atomic E-state index is 11.8. The molecule has 2 aromatic rings. The van der Waals surface area contributed by atoms with Gasteiger partial charge >= 0.3 is 6.09 Å². The van der Waals surface area contributed by atoms with E-state index >= 15 is 0 Å². The Bertz CT molecular complexity index is 783. The smallest absolute Gasteiger partial charge is 0.407 e. The number of alkyl carbamates (subject to hydrolysis) is 1. The first-order valence-corrected chi connectivity index (χ1v) is 8.87. The number of hydrogen-bond donors (Lipinski definition) is 2. The van der Waals surface area contributed by atoms with E-state index in [2.05, 4.69) is 32.6 Å². The average Bonchev–Trinajstić information content (AvgIpc) is 2.60. The third kappa shape index (κ3) is 4.74. The summed E-state index contributed by atoms with van der Waals surface area (Å²) >= 11 is 3.46. The monoisotopic (exact) mass is 399 g/mol. The highest BCUT2D eigenvalue weighted by Gasteiger charge is 2.31. The first kappa shape index (κ1) is 17.3. The minimum Gasteiger partial charge on any atom is -0.445 e. The van der Waals surface area contributed by atoms with Crippen molar-refractivity contribution in [1.29, 1.82) is 5.26 Å². The standard InChI is InChI=1S/C19H18BrN3O2/c20-17-8-14(11-21)6-7-18(17)22-15-9-16(10-15)23-19(24)25-12-13-4-2-1-3-5-13/h1-8,15-16,22H,9-10,12H2,(H,23,24). The molecule has 1 aliphatic carbocycles. The predicted octanol–water partition coefficient (Wildman–Crippen LogP) is 4.19. The Balaban J connectivity index is 1.39. The van der Waals surface area contributed by atoms with Gasteiger partial charge in [-0.15, -0.1) is 0 Å². The summed E-state index contributed by atoms with van der Waals surface area (Å²) in [6.07, 6.45) is 1.30. The molecule has 0 atom stereocenters. The summed E-state index contributed by atoms with van der Waals surface area (Å²) in [5.74, 6) is 0. The molecule has 0 spiro atoms. The van der Waals surface area contributed by atoms with Crippen molar-refractivity contribution in [2.24, 2.45) is 0 Å². The quantitative estimate of drug-likeness (QED) is 0.790. The number of benzene rings is 2. The summed E-state index contributed by atoms with van der Waals surface area (Å²) in [7, 11) is 0. The lowest BCUT2D eigenvalue weighted by atomic mass is 9.86. The number of ether oxygens (including phenoxy) is 1. The van der Waals surface area contributed by atoms with Gasteiger partial charge in [-0.25, -0.2) is 4.79 Å². The summed E-state index contributed by atoms with van der Waals surface area (Å²) in [6.45, 7) is 0.277. The molecule has 2 aromatic carbocycles. The van der Waals surface area contributed by atoms with Gasteiger partial charge in [-0.2, -0.15) is 5.26 Å². The molecule has 0 heterocycles. The van der Waals surface area contributed by atoms with E-state index in [0.29, 0.717) is 11.6 Å². The molecule has 5 nitrogen and oxygen atoms in total. The molecule has 6 heteroatoms. The van der Waals surface area contributed by atoms with Gasteiger partial charge in [0.2, 0.25) is 0 Å². The van der Waals surface area contributed by atoms with Crippen LogP contribution in [0, 0.1) is 11.3 Å². The molecule has 2 N–H and O–H groups in total. The molecule has 0 saturated heterocycles. The summed E-state index contributed by atoms with van der Waals surface area (Å²) in [5, 5.41) is 15.2. The Morgan fingerprint density at radius 3 is 2.64 bits per heavy atom. The third-order valence-corrected chi connectivity index (χ3v) is 4.79. The van der Waals surface area contributed by atoms with E-state index in [1.807, 2.05) is 36.4 Å². The molecule has 128 valence electrons. The molecular formula is C19H18BrN3O2. The highest BCUT2D eigenvalue weighted by atomic mass is 79.9. The van der Waals surface area contributed by atoms with Crippen molar-refractivity contribution in [3.8, 4) is 6.07 Å². The van der Waals surface area contributed by atoms with Crippen LogP contribution >= 0.6 is 15.9 Å². The molecule has 1 saturated carbocycles. The van der Waals surface area contributed by atoms with Crippen LogP contribution in [-0.4, -0.2) is 18.2 Å². The van der Waals surface area contributed by atoms with Crippen LogP contribution in [0.4, 0.5) is 10.5 Å². The molecule has 1 aliphatic rings. The Morgan fingerprint density at radius 2 is 1.96 bits per heavy atom. The van der Waals surface area contributed by atoms with Gasteiger partial charge in [0.15, 0.2) is 0 Å². The van der Waals surface area contributed by atoms with Crippen LogP contribution in [0.15, 0.2) is 53.0 Å². The van der Waals surface area contributed by atoms with E-state index in [0.717, 1.165) is 28.6 Å². The number of halogens is 1. The number of amides is 1. The van der Waals surface area contributed by atoms with Gasteiger partial charge < -0.3 is 15.4 Å². The molecule has 3 rings (SSSR count). The molecule has 0 unspecified atom stereocenters. The molecule has 0 bridgehead atoms. The number of nitrogens with zero attached hydrogens (tertiary/aromatic N) is 1. The molecule has 1 amide bonds. The van der Waals surface area contributed by atoms with Crippen molar-refractivity contribution in [2.75, 3.05) is 5.32 Å². The van der Waals surface area contributed by atoms with E-state index in [-0.39, 0.29) is 18.7 Å². The number of carbonyl (C=O) groups is 1. The zero-order valence-corrected chi connectivity index (χ0v) is 15.1. The predicted molar refractivity (Wildman–Crippen MR) is 99.1 cm³/mol. The van der Waals surface area contributed by atoms with Crippen LogP contribution in [0.1, 0.15) is 24.0 Å². The van der Waals surface area contributed by atoms with Gasteiger partial charge in [-0.1, -0.05) is 30.3 Å². The second-order valence-electron chi connectivity index (χ2n) is 6.02. The molecule has 0 aromatic heterocycles. The minimum atomic E-state index is -0.383. The topological polar surface area (TPSA) is 74.2 Å². The van der Waals surface area contributed by atoms with E-state index in [1.165, 1.54) is 0 Å². The Kier molecular flexibility index (Phi) is 5.56. The van der Waals surface area contributed by atoms with Crippen LogP contribution in [0.25, 0.3) is 0 Å². The summed E-state index contributed by atoms with van der Waals surface area (Å²) in [6, 6.07) is 17.6. The number of carbonyl (C=O) groups excluding carboxylic acids is 1. The summed E-state index contributed by atoms with van der Waals surface area (Å²) in [4.78, 5) is 11.8. The lowest BCUT2D eigenvalue weighted by Crippen LogP contribution is -2.49.